The Hall–Kier alpha value is -1.55. The van der Waals surface area contributed by atoms with Crippen LogP contribution in [0.15, 0.2) is 30.3 Å². The Morgan fingerprint density at radius 2 is 2.10 bits per heavy atom. The number of pyridine rings is 1. The van der Waals surface area contributed by atoms with Gasteiger partial charge in [0.05, 0.1) is 17.0 Å². The third-order valence-electron chi connectivity index (χ3n) is 3.90. The summed E-state index contributed by atoms with van der Waals surface area (Å²) >= 11 is 1.79. The predicted octanol–water partition coefficient (Wildman–Crippen LogP) is 4.16. The molecule has 1 heterocycles. The van der Waals surface area contributed by atoms with Crippen molar-refractivity contribution in [1.29, 1.82) is 0 Å². The Morgan fingerprint density at radius 3 is 2.90 bits per heavy atom. The predicted molar refractivity (Wildman–Crippen MR) is 89.8 cm³/mol. The number of fused-ring (bicyclic) bond motifs is 1. The minimum Gasteiger partial charge on any atom is -0.325 e. The number of rotatable bonds is 4. The maximum atomic E-state index is 12.1. The van der Waals surface area contributed by atoms with Crippen LogP contribution in [0, 0.1) is 6.92 Å². The zero-order chi connectivity index (χ0) is 14.7. The second-order valence-corrected chi connectivity index (χ2v) is 6.88. The average Bonchev–Trinajstić information content (AvgIpc) is 2.98. The van der Waals surface area contributed by atoms with Gasteiger partial charge in [-0.2, -0.15) is 0 Å². The maximum absolute atomic E-state index is 12.1. The number of nitrogens with one attached hydrogen (secondary N) is 1. The number of amides is 1. The van der Waals surface area contributed by atoms with Crippen molar-refractivity contribution < 1.29 is 4.79 Å². The maximum Gasteiger partial charge on any atom is 0.234 e. The molecule has 0 radical (unpaired) electrons. The molecule has 1 fully saturated rings. The quantitative estimate of drug-likeness (QED) is 0.922. The first-order valence-electron chi connectivity index (χ1n) is 7.50. The highest BCUT2D eigenvalue weighted by Gasteiger charge is 2.17. The van der Waals surface area contributed by atoms with Gasteiger partial charge >= 0.3 is 0 Å². The third-order valence-corrected chi connectivity index (χ3v) is 5.27. The van der Waals surface area contributed by atoms with Crippen LogP contribution in [0.2, 0.25) is 0 Å². The summed E-state index contributed by atoms with van der Waals surface area (Å²) in [6.07, 6.45) is 5.14. The monoisotopic (exact) mass is 300 g/mol. The summed E-state index contributed by atoms with van der Waals surface area (Å²) in [5, 5.41) is 4.70. The van der Waals surface area contributed by atoms with Crippen molar-refractivity contribution in [2.75, 3.05) is 11.1 Å². The molecule has 0 unspecified atom stereocenters. The van der Waals surface area contributed by atoms with Crippen LogP contribution < -0.4 is 5.32 Å². The number of carbonyl (C=O) groups excluding carboxylic acids is 1. The zero-order valence-corrected chi connectivity index (χ0v) is 13.1. The summed E-state index contributed by atoms with van der Waals surface area (Å²) in [5.41, 5.74) is 2.77. The van der Waals surface area contributed by atoms with Gasteiger partial charge in [0, 0.05) is 16.3 Å². The number of thioether (sulfide) groups is 1. The van der Waals surface area contributed by atoms with Crippen molar-refractivity contribution >= 4 is 34.3 Å². The van der Waals surface area contributed by atoms with Crippen LogP contribution in [0.4, 0.5) is 5.69 Å². The van der Waals surface area contributed by atoms with Crippen LogP contribution in [0.1, 0.15) is 31.4 Å². The first-order chi connectivity index (χ1) is 10.2. The number of aryl methyl sites for hydroxylation is 1. The van der Waals surface area contributed by atoms with Crippen LogP contribution >= 0.6 is 11.8 Å². The minimum atomic E-state index is 0.0833. The van der Waals surface area contributed by atoms with Gasteiger partial charge < -0.3 is 5.32 Å². The Labute approximate surface area is 129 Å². The molecule has 1 aromatic heterocycles. The molecule has 1 saturated carbocycles. The first kappa shape index (κ1) is 14.4. The molecular weight excluding hydrogens is 280 g/mol. The normalized spacial score (nSPS) is 15.5. The van der Waals surface area contributed by atoms with Gasteiger partial charge in [-0.15, -0.1) is 11.8 Å². The van der Waals surface area contributed by atoms with E-state index in [0.29, 0.717) is 11.0 Å². The molecule has 1 aromatic carbocycles. The van der Waals surface area contributed by atoms with E-state index in [9.17, 15) is 4.79 Å². The lowest BCUT2D eigenvalue weighted by molar-refractivity contribution is -0.113. The molecule has 0 bridgehead atoms. The number of hydrogen-bond donors (Lipinski definition) is 1. The van der Waals surface area contributed by atoms with Crippen molar-refractivity contribution in [3.8, 4) is 0 Å². The van der Waals surface area contributed by atoms with Crippen LogP contribution in [0.3, 0.4) is 0 Å². The van der Waals surface area contributed by atoms with Gasteiger partial charge in [0.15, 0.2) is 0 Å². The molecule has 2 aromatic rings. The fourth-order valence-electron chi connectivity index (χ4n) is 2.80. The summed E-state index contributed by atoms with van der Waals surface area (Å²) in [6.45, 7) is 1.98. The van der Waals surface area contributed by atoms with Crippen LogP contribution in [-0.2, 0) is 4.79 Å². The van der Waals surface area contributed by atoms with Crippen molar-refractivity contribution in [3.63, 3.8) is 0 Å². The molecule has 0 atom stereocenters. The zero-order valence-electron chi connectivity index (χ0n) is 12.3. The van der Waals surface area contributed by atoms with E-state index < -0.39 is 0 Å². The van der Waals surface area contributed by atoms with E-state index in [4.69, 9.17) is 0 Å². The molecule has 3 rings (SSSR count). The molecule has 4 heteroatoms. The lowest BCUT2D eigenvalue weighted by Gasteiger charge is -2.11. The molecule has 1 N–H and O–H groups in total. The fraction of sp³-hybridized carbons (Fsp3) is 0.412. The van der Waals surface area contributed by atoms with Crippen molar-refractivity contribution in [1.82, 2.24) is 4.98 Å². The van der Waals surface area contributed by atoms with Gasteiger partial charge in [-0.25, -0.2) is 0 Å². The lowest BCUT2D eigenvalue weighted by atomic mass is 10.1. The highest BCUT2D eigenvalue weighted by atomic mass is 32.2. The van der Waals surface area contributed by atoms with Gasteiger partial charge in [0.25, 0.3) is 0 Å². The summed E-state index contributed by atoms with van der Waals surface area (Å²) in [7, 11) is 0. The number of aromatic nitrogens is 1. The molecule has 1 aliphatic rings. The minimum absolute atomic E-state index is 0.0833. The number of hydrogen-bond acceptors (Lipinski definition) is 3. The number of anilines is 1. The average molecular weight is 300 g/mol. The Kier molecular flexibility index (Phi) is 4.44. The van der Waals surface area contributed by atoms with E-state index in [-0.39, 0.29) is 5.91 Å². The third kappa shape index (κ3) is 3.56. The SMILES string of the molecule is Cc1ccc2c(NC(=O)CSC3CCCC3)cccc2n1. The fourth-order valence-corrected chi connectivity index (χ4v) is 3.93. The van der Waals surface area contributed by atoms with Crippen LogP contribution in [0.5, 0.6) is 0 Å². The Balaban J connectivity index is 1.67. The molecule has 0 saturated heterocycles. The molecule has 110 valence electrons. The summed E-state index contributed by atoms with van der Waals surface area (Å²) in [4.78, 5) is 16.6. The van der Waals surface area contributed by atoms with E-state index in [0.717, 1.165) is 22.3 Å². The molecule has 0 spiro atoms. The van der Waals surface area contributed by atoms with Crippen molar-refractivity contribution in [2.24, 2.45) is 0 Å². The van der Waals surface area contributed by atoms with E-state index >= 15 is 0 Å². The second kappa shape index (κ2) is 6.48. The van der Waals surface area contributed by atoms with Crippen LogP contribution in [0.25, 0.3) is 10.9 Å². The molecule has 1 aliphatic carbocycles. The van der Waals surface area contributed by atoms with E-state index in [2.05, 4.69) is 10.3 Å². The van der Waals surface area contributed by atoms with Gasteiger partial charge in [-0.05, 0) is 44.0 Å². The molecule has 0 aliphatic heterocycles. The van der Waals surface area contributed by atoms with Crippen molar-refractivity contribution in [3.05, 3.63) is 36.0 Å². The second-order valence-electron chi connectivity index (χ2n) is 5.59. The first-order valence-corrected chi connectivity index (χ1v) is 8.55. The number of carbonyl (C=O) groups is 1. The molecular formula is C17H20N2OS. The Bertz CT molecular complexity index is 650. The smallest absolute Gasteiger partial charge is 0.234 e. The number of nitrogens with zero attached hydrogens (tertiary/aromatic N) is 1. The molecule has 1 amide bonds. The van der Waals surface area contributed by atoms with Gasteiger partial charge in [0.2, 0.25) is 5.91 Å². The van der Waals surface area contributed by atoms with Crippen LogP contribution in [-0.4, -0.2) is 21.9 Å². The van der Waals surface area contributed by atoms with E-state index in [1.165, 1.54) is 25.7 Å². The van der Waals surface area contributed by atoms with E-state index in [1.807, 2.05) is 37.3 Å². The standard InChI is InChI=1S/C17H20N2OS/c1-12-9-10-14-15(18-12)7-4-8-16(14)19-17(20)11-21-13-5-2-3-6-13/h4,7-10,13H,2-3,5-6,11H2,1H3,(H,19,20). The largest absolute Gasteiger partial charge is 0.325 e. The Morgan fingerprint density at radius 1 is 1.29 bits per heavy atom. The lowest BCUT2D eigenvalue weighted by Crippen LogP contribution is -2.16. The topological polar surface area (TPSA) is 42.0 Å². The molecule has 3 nitrogen and oxygen atoms in total. The van der Waals surface area contributed by atoms with Gasteiger partial charge in [-0.1, -0.05) is 18.9 Å². The van der Waals surface area contributed by atoms with Gasteiger partial charge in [-0.3, -0.25) is 9.78 Å². The highest BCUT2D eigenvalue weighted by Crippen LogP contribution is 2.29. The summed E-state index contributed by atoms with van der Waals surface area (Å²) < 4.78 is 0. The van der Waals surface area contributed by atoms with Gasteiger partial charge in [0.1, 0.15) is 0 Å². The van der Waals surface area contributed by atoms with E-state index in [1.54, 1.807) is 11.8 Å². The molecule has 21 heavy (non-hydrogen) atoms. The summed E-state index contributed by atoms with van der Waals surface area (Å²) in [6, 6.07) is 9.86. The van der Waals surface area contributed by atoms with Crippen molar-refractivity contribution in [2.45, 2.75) is 37.9 Å². The summed E-state index contributed by atoms with van der Waals surface area (Å²) in [5.74, 6) is 0.625. The number of benzene rings is 1. The highest BCUT2D eigenvalue weighted by molar-refractivity contribution is 8.00.